The van der Waals surface area contributed by atoms with Crippen LogP contribution in [-0.2, 0) is 96.4 Å². The van der Waals surface area contributed by atoms with E-state index in [-0.39, 0.29) is 86.0 Å². The van der Waals surface area contributed by atoms with E-state index in [9.17, 15) is 33.6 Å². The number of benzene rings is 5. The van der Waals surface area contributed by atoms with Gasteiger partial charge in [0.2, 0.25) is 11.9 Å². The van der Waals surface area contributed by atoms with E-state index in [1.165, 1.54) is 4.57 Å². The highest BCUT2D eigenvalue weighted by atomic mass is 79.9. The number of amides is 2. The number of unbranched alkanes of at least 4 members (excludes halogenated alkanes) is 1. The molecule has 1 saturated heterocycles. The average Bonchev–Trinajstić information content (AvgIpc) is 1.74. The van der Waals surface area contributed by atoms with E-state index in [4.69, 9.17) is 88.9 Å². The molecule has 133 heavy (non-hydrogen) atoms. The van der Waals surface area contributed by atoms with Crippen LogP contribution in [0.25, 0.3) is 44.0 Å². The largest absolute Gasteiger partial charge is 0.512 e. The van der Waals surface area contributed by atoms with Crippen molar-refractivity contribution in [3.63, 3.8) is 0 Å². The minimum Gasteiger partial charge on any atom is -0.398 e. The first-order valence-corrected chi connectivity index (χ1v) is 47.5. The van der Waals surface area contributed by atoms with Gasteiger partial charge in [-0.05, 0) is 273 Å². The molecule has 3 aliphatic rings. The number of nitrogens with zero attached hydrogens (tertiary/aromatic N) is 5. The standard InChI is InChI=1S/C22H27N5O2.C15H20BrN3O.C13H19BN2O3.C11H11BrN2O2.C11H14BrNO.C6H6BrN.C4H11N.C3H9N.CO2.5O2S/c1-6-10-27-20(29)14-9-7-8-13(18(14)25-21(27)26-22(3,4)5)16-11-15-17(24-16)12(2)23-19(15)28;1-5-9-19-13(20)10-7-6-8-11(16)12(10)17-14(19)18-15(2,3)4;1-7-10-8(11(17)15-7)6-9(16-10)14-18-12(2,3)13(4,5)19-14;1-2-6-14-10(15)7-4-3-5-8(12)9(7)13-11(14)16;1-2-3-7-10(14)8-5-4-6-9(12)11(8)13;7-5-3-1-2-4-6(5)8;1-4(2,3)5;1-2-3-4;2-1-3;5*1-3-2/h7-9,11-12,24H,6,10H2,1-5H3,(H,23,28)(H,25,26);6-8H,5,9H2,1-4H3,(H,17,18);6-7,16H,1-5H3,(H,15,17);3-5H,2,6H2,1H3,(H,13,16);4-6H,2-3,7,13H2,1H3;1-4H,8H2;5H2,1-3H3;2-4H2,1H3;;;;;;/t12-;;7-;;;;;;;;;;;/m1.1.........../s1. The second-order valence-electron chi connectivity index (χ2n) is 32.8. The molecule has 8 heterocycles. The zero-order valence-electron chi connectivity index (χ0n) is 77.6. The predicted octanol–water partition coefficient (Wildman–Crippen LogP) is 13.2. The van der Waals surface area contributed by atoms with Gasteiger partial charge in [-0.2, -0.15) is 51.7 Å². The number of hydrogen-bond acceptors (Lipinski definition) is 29. The van der Waals surface area contributed by atoms with Gasteiger partial charge in [-0.15, -0.1) is 0 Å². The number of nitrogens with one attached hydrogen (secondary N) is 7. The van der Waals surface area contributed by atoms with Crippen molar-refractivity contribution in [1.82, 2.24) is 49.3 Å². The maximum Gasteiger partial charge on any atom is 0.512 e. The lowest BCUT2D eigenvalue weighted by molar-refractivity contribution is -0.191. The fraction of sp³-hybridized carbons (Fsp3) is 0.442. The number of hydrogen-bond donors (Lipinski definition) is 11. The number of para-hydroxylation sites is 5. The minimum absolute atomic E-state index is 0. The number of fused-ring (bicyclic) bond motifs is 5. The molecule has 37 nitrogen and oxygen atoms in total. The van der Waals surface area contributed by atoms with Crippen molar-refractivity contribution in [2.75, 3.05) is 28.6 Å². The summed E-state index contributed by atoms with van der Waals surface area (Å²) < 4.78 is 103. The van der Waals surface area contributed by atoms with E-state index in [2.05, 4.69) is 146 Å². The Hall–Kier alpha value is -10.0. The molecular formula is C86H117BBr4N16O21S5. The molecule has 47 heteroatoms. The normalized spacial score (nSPS) is 13.4. The molecule has 0 saturated carbocycles. The van der Waals surface area contributed by atoms with Gasteiger partial charge >= 0.3 is 76.8 Å². The summed E-state index contributed by atoms with van der Waals surface area (Å²) in [5, 5.41) is 14.2. The summed E-state index contributed by atoms with van der Waals surface area (Å²) in [4.78, 5) is 120. The van der Waals surface area contributed by atoms with E-state index in [0.717, 1.165) is 96.9 Å². The van der Waals surface area contributed by atoms with Crippen molar-refractivity contribution < 1.29 is 75.4 Å². The summed E-state index contributed by atoms with van der Waals surface area (Å²) in [7, 11) is -0.449. The predicted molar refractivity (Wildman–Crippen MR) is 536 cm³/mol. The molecule has 10 aromatic rings. The zero-order chi connectivity index (χ0) is 102. The molecule has 5 aromatic carbocycles. The molecule has 1 fully saturated rings. The Balaban J connectivity index is 0.00000152. The number of aromatic nitrogens is 8. The summed E-state index contributed by atoms with van der Waals surface area (Å²) in [5.74, 6) is 1.20. The van der Waals surface area contributed by atoms with Crippen LogP contribution < -0.4 is 72.2 Å². The third-order valence-electron chi connectivity index (χ3n) is 18.1. The molecule has 5 aromatic heterocycles. The van der Waals surface area contributed by atoms with Crippen LogP contribution in [0.3, 0.4) is 0 Å². The molecule has 728 valence electrons. The van der Waals surface area contributed by atoms with Gasteiger partial charge in [-0.3, -0.25) is 42.5 Å². The maximum absolute atomic E-state index is 13.3. The first-order valence-electron chi connectivity index (χ1n) is 41.0. The number of halogens is 4. The highest BCUT2D eigenvalue weighted by Crippen LogP contribution is 2.38. The highest BCUT2D eigenvalue weighted by molar-refractivity contribution is 9.11. The smallest absolute Gasteiger partial charge is 0.398 e. The van der Waals surface area contributed by atoms with E-state index in [1.54, 1.807) is 33.4 Å². The number of rotatable bonds is 15. The number of H-pyrrole nitrogens is 3. The Morgan fingerprint density at radius 2 is 0.887 bits per heavy atom. The SMILES string of the molecule is CC(C)(C)N.CCCCC(=O)c1cccc(Br)c1N.CCCN.CCCn1c(=O)[nH]c2c(Br)cccc2c1=O.CCCn1c(NC(C)(C)C)nc2c(-c3cc4c([nH]3)[C@@H](C)NC4=O)cccc2c1=O.CCCn1c(NC(C)(C)C)nc2c(Br)cccc2c1=O.C[C@H]1NC(=O)c2cc(B3OC(C)(C)C(C)(C)O3)[nH]c21.Nc1ccccc1Br.O=C=O.O=S=O.O=S=O.O=S=O.O=S=O.O=S=O. The van der Waals surface area contributed by atoms with Gasteiger partial charge in [0, 0.05) is 94.4 Å². The first-order chi connectivity index (χ1) is 62.2. The number of aromatic amines is 3. The van der Waals surface area contributed by atoms with Crippen molar-refractivity contribution in [2.24, 2.45) is 11.5 Å². The number of carbonyl (C=O) groups is 3. The summed E-state index contributed by atoms with van der Waals surface area (Å²) in [6, 6.07) is 33.2. The van der Waals surface area contributed by atoms with Gasteiger partial charge in [-0.1, -0.05) is 83.5 Å². The zero-order valence-corrected chi connectivity index (χ0v) is 88.0. The molecule has 0 bridgehead atoms. The van der Waals surface area contributed by atoms with Crippen LogP contribution in [0.2, 0.25) is 0 Å². The second kappa shape index (κ2) is 61.1. The van der Waals surface area contributed by atoms with Gasteiger partial charge in [0.05, 0.1) is 78.5 Å². The molecule has 0 aliphatic carbocycles. The number of Topliss-reactive ketones (excluding diaryl/α,β-unsaturated/α-hetero) is 1. The Morgan fingerprint density at radius 1 is 0.511 bits per heavy atom. The van der Waals surface area contributed by atoms with Gasteiger partial charge in [0.1, 0.15) is 0 Å². The monoisotopic (exact) mass is 2200 g/mol. The number of carbonyl (C=O) groups excluding carboxylic acids is 5. The topological polar surface area (TPSA) is 583 Å². The van der Waals surface area contributed by atoms with Crippen LogP contribution in [0.1, 0.15) is 238 Å². The van der Waals surface area contributed by atoms with Gasteiger partial charge in [-0.25, -0.2) is 14.8 Å². The van der Waals surface area contributed by atoms with Crippen molar-refractivity contribution in [3.05, 3.63) is 197 Å². The van der Waals surface area contributed by atoms with Crippen molar-refractivity contribution in [2.45, 2.75) is 243 Å². The summed E-state index contributed by atoms with van der Waals surface area (Å²) in [6.07, 6.45) is 6.35. The van der Waals surface area contributed by atoms with Gasteiger partial charge < -0.3 is 68.5 Å². The lowest BCUT2D eigenvalue weighted by Crippen LogP contribution is -2.41. The average molecular weight is 2200 g/mol. The quantitative estimate of drug-likeness (QED) is 0.0258. The lowest BCUT2D eigenvalue weighted by Gasteiger charge is -2.32. The van der Waals surface area contributed by atoms with Crippen LogP contribution in [0, 0.1) is 0 Å². The Bertz CT molecular complexity index is 5860. The molecule has 2 amide bonds. The number of anilines is 4. The first kappa shape index (κ1) is 123. The number of nitrogen functional groups attached to an aromatic ring is 2. The van der Waals surface area contributed by atoms with Gasteiger partial charge in [0.15, 0.2) is 5.78 Å². The van der Waals surface area contributed by atoms with Crippen molar-refractivity contribution in [1.29, 1.82) is 0 Å². The fourth-order valence-electron chi connectivity index (χ4n) is 11.7. The Morgan fingerprint density at radius 3 is 1.29 bits per heavy atom. The molecule has 0 radical (unpaired) electrons. The van der Waals surface area contributed by atoms with Gasteiger partial charge in [0.25, 0.3) is 28.5 Å². The molecule has 0 spiro atoms. The molecule has 13 rings (SSSR count). The molecule has 0 unspecified atom stereocenters. The maximum atomic E-state index is 13.3. The van der Waals surface area contributed by atoms with Crippen LogP contribution in [0.15, 0.2) is 146 Å². The van der Waals surface area contributed by atoms with Crippen molar-refractivity contribution in [3.8, 4) is 11.3 Å². The summed E-state index contributed by atoms with van der Waals surface area (Å²) in [5.41, 5.74) is 29.3. The summed E-state index contributed by atoms with van der Waals surface area (Å²) >= 11 is 9.61. The lowest BCUT2D eigenvalue weighted by atomic mass is 9.85. The van der Waals surface area contributed by atoms with E-state index < -0.39 is 65.0 Å². The van der Waals surface area contributed by atoms with E-state index in [1.807, 2.05) is 182 Å². The Kier molecular flexibility index (Phi) is 56.5. The summed E-state index contributed by atoms with van der Waals surface area (Å²) in [6.45, 7) is 42.8. The minimum atomic E-state index is -0.750. The Labute approximate surface area is 823 Å². The molecular weight excluding hydrogens is 2080 g/mol. The number of nitrogens with two attached hydrogens (primary N) is 4. The third kappa shape index (κ3) is 40.6. The molecule has 3 aliphatic heterocycles. The van der Waals surface area contributed by atoms with Crippen molar-refractivity contribution >= 4 is 214 Å². The van der Waals surface area contributed by atoms with Crippen LogP contribution in [-0.4, -0.2) is 146 Å². The van der Waals surface area contributed by atoms with Crippen LogP contribution in [0.4, 0.5) is 23.3 Å². The second-order valence-corrected chi connectivity index (χ2v) is 36.9. The van der Waals surface area contributed by atoms with Crippen LogP contribution >= 0.6 is 63.7 Å². The number of ketones is 1. The highest BCUT2D eigenvalue weighted by Gasteiger charge is 2.53. The molecule has 15 N–H and O–H groups in total. The van der Waals surface area contributed by atoms with E-state index >= 15 is 0 Å². The molecule has 2 atom stereocenters. The van der Waals surface area contributed by atoms with Crippen LogP contribution in [0.5, 0.6) is 0 Å². The third-order valence-corrected chi connectivity index (χ3v) is 20.8. The fourth-order valence-corrected chi connectivity index (χ4v) is 13.3. The van der Waals surface area contributed by atoms with E-state index in [0.29, 0.717) is 93.0 Å².